The maximum Gasteiger partial charge on any atom is 0.273 e. The summed E-state index contributed by atoms with van der Waals surface area (Å²) < 4.78 is 0. The minimum absolute atomic E-state index is 0.124. The minimum Gasteiger partial charge on any atom is -0.337 e. The van der Waals surface area contributed by atoms with Gasteiger partial charge >= 0.3 is 0 Å². The number of nitrogens with zero attached hydrogens (tertiary/aromatic N) is 1. The van der Waals surface area contributed by atoms with Crippen molar-refractivity contribution in [2.24, 2.45) is 0 Å². The lowest BCUT2D eigenvalue weighted by Gasteiger charge is -2.29. The van der Waals surface area contributed by atoms with Gasteiger partial charge in [-0.25, -0.2) is 0 Å². The van der Waals surface area contributed by atoms with Gasteiger partial charge in [-0.3, -0.25) is 9.59 Å². The highest BCUT2D eigenvalue weighted by Crippen LogP contribution is 2.57. The van der Waals surface area contributed by atoms with E-state index in [0.29, 0.717) is 24.4 Å². The lowest BCUT2D eigenvalue weighted by atomic mass is 10.1. The predicted molar refractivity (Wildman–Crippen MR) is 158 cm³/mol. The summed E-state index contributed by atoms with van der Waals surface area (Å²) in [6.07, 6.45) is 3.07. The van der Waals surface area contributed by atoms with Crippen LogP contribution >= 0.6 is 7.26 Å². The number of piperidine rings is 1. The van der Waals surface area contributed by atoms with Gasteiger partial charge in [0.15, 0.2) is 0 Å². The van der Waals surface area contributed by atoms with E-state index in [-0.39, 0.29) is 11.8 Å². The molecule has 0 bridgehead atoms. The number of carbonyl (C=O) groups excluding carboxylic acids is 2. The molecule has 0 atom stereocenters. The third-order valence-electron chi connectivity index (χ3n) is 6.97. The molecule has 0 radical (unpaired) electrons. The molecule has 5 rings (SSSR count). The Morgan fingerprint density at radius 1 is 0.605 bits per heavy atom. The van der Waals surface area contributed by atoms with Crippen molar-refractivity contribution in [2.45, 2.75) is 19.3 Å². The molecule has 0 spiro atoms. The third kappa shape index (κ3) is 5.46. The first-order chi connectivity index (χ1) is 18.7. The van der Waals surface area contributed by atoms with Crippen molar-refractivity contribution >= 4 is 35.0 Å². The Bertz CT molecular complexity index is 1290. The molecule has 1 heterocycles. The highest BCUT2D eigenvalue weighted by molar-refractivity contribution is 7.98. The van der Waals surface area contributed by atoms with E-state index in [1.807, 2.05) is 77.7 Å². The van der Waals surface area contributed by atoms with Crippen molar-refractivity contribution in [2.75, 3.05) is 13.1 Å². The Kier molecular flexibility index (Phi) is 8.11. The molecule has 5 heteroatoms. The lowest BCUT2D eigenvalue weighted by Crippen LogP contribution is -2.42. The van der Waals surface area contributed by atoms with E-state index in [1.54, 1.807) is 12.1 Å². The maximum atomic E-state index is 14.1. The van der Waals surface area contributed by atoms with Gasteiger partial charge in [0.2, 0.25) is 0 Å². The molecule has 190 valence electrons. The second-order valence-electron chi connectivity index (χ2n) is 9.45. The normalized spacial score (nSPS) is 14.1. The molecule has 0 unspecified atom stereocenters. The van der Waals surface area contributed by atoms with E-state index in [0.717, 1.165) is 35.2 Å². The molecule has 1 N–H and O–H groups in total. The highest BCUT2D eigenvalue weighted by Gasteiger charge is 2.45. The first-order valence-electron chi connectivity index (χ1n) is 13.1. The Labute approximate surface area is 225 Å². The van der Waals surface area contributed by atoms with Crippen LogP contribution in [0.5, 0.6) is 0 Å². The zero-order valence-corrected chi connectivity index (χ0v) is 22.3. The molecule has 2 amide bonds. The second-order valence-corrected chi connectivity index (χ2v) is 12.7. The van der Waals surface area contributed by atoms with Gasteiger partial charge in [0.1, 0.15) is 34.7 Å². The van der Waals surface area contributed by atoms with Crippen LogP contribution in [-0.4, -0.2) is 29.8 Å². The van der Waals surface area contributed by atoms with Gasteiger partial charge in [0.25, 0.3) is 11.8 Å². The Balaban J connectivity index is 1.74. The number of amides is 2. The summed E-state index contributed by atoms with van der Waals surface area (Å²) in [4.78, 5) is 29.4. The van der Waals surface area contributed by atoms with E-state index in [2.05, 4.69) is 47.5 Å². The second kappa shape index (κ2) is 12.0. The average molecular weight is 520 g/mol. The SMILES string of the molecule is O=C(NC(=C[P+](c1ccccc1)(c1ccccc1)c1ccccc1)C(=O)N1CCCCC1)c1ccccc1. The van der Waals surface area contributed by atoms with Gasteiger partial charge < -0.3 is 10.2 Å². The summed E-state index contributed by atoms with van der Waals surface area (Å²) in [5.74, 6) is 1.67. The van der Waals surface area contributed by atoms with Crippen LogP contribution in [0, 0.1) is 0 Å². The molecule has 0 saturated carbocycles. The molecule has 0 aromatic heterocycles. The number of nitrogens with one attached hydrogen (secondary N) is 1. The number of hydrogen-bond donors (Lipinski definition) is 1. The van der Waals surface area contributed by atoms with Crippen LogP contribution in [0.3, 0.4) is 0 Å². The van der Waals surface area contributed by atoms with E-state index in [9.17, 15) is 9.59 Å². The van der Waals surface area contributed by atoms with Crippen LogP contribution in [0.25, 0.3) is 0 Å². The Hall–Kier alpha value is -4.01. The topological polar surface area (TPSA) is 49.4 Å². The first kappa shape index (κ1) is 25.6. The summed E-state index contributed by atoms with van der Waals surface area (Å²) >= 11 is 0. The summed E-state index contributed by atoms with van der Waals surface area (Å²) in [5, 5.41) is 6.42. The molecular weight excluding hydrogens is 487 g/mol. The van der Waals surface area contributed by atoms with Gasteiger partial charge in [-0.05, 0) is 67.8 Å². The van der Waals surface area contributed by atoms with E-state index in [4.69, 9.17) is 0 Å². The number of benzene rings is 4. The molecule has 1 fully saturated rings. The van der Waals surface area contributed by atoms with Crippen LogP contribution in [-0.2, 0) is 4.79 Å². The summed E-state index contributed by atoms with van der Waals surface area (Å²) in [6, 6.07) is 40.1. The van der Waals surface area contributed by atoms with Crippen LogP contribution in [0.1, 0.15) is 29.6 Å². The third-order valence-corrected chi connectivity index (χ3v) is 11.0. The molecule has 4 aromatic rings. The highest BCUT2D eigenvalue weighted by atomic mass is 31.2. The van der Waals surface area contributed by atoms with Crippen LogP contribution in [0.2, 0.25) is 0 Å². The average Bonchev–Trinajstić information content (AvgIpc) is 3.01. The summed E-state index contributed by atoms with van der Waals surface area (Å²) in [6.45, 7) is 1.40. The van der Waals surface area contributed by atoms with Crippen molar-refractivity contribution < 1.29 is 9.59 Å². The zero-order chi connectivity index (χ0) is 26.2. The monoisotopic (exact) mass is 519 g/mol. The van der Waals surface area contributed by atoms with Gasteiger partial charge in [-0.15, -0.1) is 0 Å². The van der Waals surface area contributed by atoms with E-state index in [1.165, 1.54) is 0 Å². The standard InChI is InChI=1S/C33H31N2O2P/c36-32(27-16-6-1-7-17-27)34-31(33(37)35-24-14-5-15-25-35)26-38(28-18-8-2-9-19-28,29-20-10-3-11-21-29)30-22-12-4-13-23-30/h1-4,6-13,16-23,26H,5,14-15,24-25H2/p+1. The Morgan fingerprint density at radius 3 is 1.47 bits per heavy atom. The van der Waals surface area contributed by atoms with Gasteiger partial charge in [-0.2, -0.15) is 0 Å². The number of likely N-dealkylation sites (tertiary alicyclic amines) is 1. The predicted octanol–water partition coefficient (Wildman–Crippen LogP) is 5.26. The molecule has 1 aliphatic heterocycles. The number of rotatable bonds is 7. The van der Waals surface area contributed by atoms with Crippen molar-refractivity contribution in [3.63, 3.8) is 0 Å². The molecule has 38 heavy (non-hydrogen) atoms. The largest absolute Gasteiger partial charge is 0.337 e. The minimum atomic E-state index is -2.49. The van der Waals surface area contributed by atoms with Gasteiger partial charge in [0, 0.05) is 18.7 Å². The zero-order valence-electron chi connectivity index (χ0n) is 21.4. The molecular formula is C33H32N2O2P+. The number of hydrogen-bond acceptors (Lipinski definition) is 2. The van der Waals surface area contributed by atoms with E-state index >= 15 is 0 Å². The quantitative estimate of drug-likeness (QED) is 0.267. The van der Waals surface area contributed by atoms with Crippen LogP contribution in [0.4, 0.5) is 0 Å². The van der Waals surface area contributed by atoms with Crippen molar-refractivity contribution in [3.8, 4) is 0 Å². The lowest BCUT2D eigenvalue weighted by molar-refractivity contribution is -0.128. The number of carbonyl (C=O) groups is 2. The summed E-state index contributed by atoms with van der Waals surface area (Å²) in [5.41, 5.74) is 0.860. The van der Waals surface area contributed by atoms with Crippen LogP contribution in [0.15, 0.2) is 133 Å². The van der Waals surface area contributed by atoms with E-state index < -0.39 is 7.26 Å². The summed E-state index contributed by atoms with van der Waals surface area (Å²) in [7, 11) is -2.49. The molecule has 0 aliphatic carbocycles. The molecule has 4 aromatic carbocycles. The van der Waals surface area contributed by atoms with Crippen LogP contribution < -0.4 is 21.2 Å². The van der Waals surface area contributed by atoms with Gasteiger partial charge in [-0.1, -0.05) is 72.8 Å². The fourth-order valence-corrected chi connectivity index (χ4v) is 8.88. The maximum absolute atomic E-state index is 14.1. The smallest absolute Gasteiger partial charge is 0.273 e. The molecule has 1 saturated heterocycles. The fourth-order valence-electron chi connectivity index (χ4n) is 5.05. The Morgan fingerprint density at radius 2 is 1.03 bits per heavy atom. The van der Waals surface area contributed by atoms with Crippen molar-refractivity contribution in [1.29, 1.82) is 0 Å². The molecule has 1 aliphatic rings. The first-order valence-corrected chi connectivity index (χ1v) is 15.0. The van der Waals surface area contributed by atoms with Gasteiger partial charge in [0.05, 0.1) is 0 Å². The fraction of sp³-hybridized carbons (Fsp3) is 0.152. The molecule has 4 nitrogen and oxygen atoms in total. The van der Waals surface area contributed by atoms with Crippen molar-refractivity contribution in [3.05, 3.63) is 138 Å². The van der Waals surface area contributed by atoms with Crippen molar-refractivity contribution in [1.82, 2.24) is 10.2 Å².